The van der Waals surface area contributed by atoms with Crippen LogP contribution in [0.3, 0.4) is 0 Å². The fourth-order valence-corrected chi connectivity index (χ4v) is 3.45. The molecule has 0 bridgehead atoms. The Kier molecular flexibility index (Phi) is 8.69. The number of carbonyl (C=O) groups excluding carboxylic acids is 2. The van der Waals surface area contributed by atoms with Crippen molar-refractivity contribution < 1.29 is 14.3 Å². The van der Waals surface area contributed by atoms with Gasteiger partial charge in [0.25, 0.3) is 0 Å². The van der Waals surface area contributed by atoms with Crippen molar-refractivity contribution in [1.82, 2.24) is 4.90 Å². The van der Waals surface area contributed by atoms with E-state index in [1.807, 2.05) is 17.0 Å². The van der Waals surface area contributed by atoms with Crippen LogP contribution in [0.15, 0.2) is 30.3 Å². The van der Waals surface area contributed by atoms with Gasteiger partial charge in [0.2, 0.25) is 5.91 Å². The minimum absolute atomic E-state index is 0.0452. The lowest BCUT2D eigenvalue weighted by molar-refractivity contribution is -0.144. The van der Waals surface area contributed by atoms with Gasteiger partial charge in [-0.25, -0.2) is 0 Å². The lowest BCUT2D eigenvalue weighted by Crippen LogP contribution is -2.40. The fraction of sp³-hybridized carbons (Fsp3) is 0.524. The van der Waals surface area contributed by atoms with Crippen LogP contribution in [0.5, 0.6) is 0 Å². The Morgan fingerprint density at radius 3 is 2.42 bits per heavy atom. The molecule has 0 atom stereocenters. The average molecular weight is 378 g/mol. The molecule has 1 aromatic rings. The molecule has 1 saturated carbocycles. The number of halogens is 1. The van der Waals surface area contributed by atoms with Crippen LogP contribution in [0.25, 0.3) is 6.08 Å². The first-order valence-electron chi connectivity index (χ1n) is 9.50. The van der Waals surface area contributed by atoms with Gasteiger partial charge in [-0.3, -0.25) is 9.59 Å². The molecule has 1 aromatic carbocycles. The highest BCUT2D eigenvalue weighted by molar-refractivity contribution is 6.30. The van der Waals surface area contributed by atoms with Gasteiger partial charge in [-0.2, -0.15) is 0 Å². The van der Waals surface area contributed by atoms with Gasteiger partial charge in [0, 0.05) is 23.7 Å². The first-order valence-corrected chi connectivity index (χ1v) is 9.88. The van der Waals surface area contributed by atoms with Gasteiger partial charge in [0.15, 0.2) is 0 Å². The molecular formula is C21H28ClNO3. The zero-order valence-corrected chi connectivity index (χ0v) is 16.2. The van der Waals surface area contributed by atoms with Gasteiger partial charge >= 0.3 is 5.97 Å². The monoisotopic (exact) mass is 377 g/mol. The number of benzene rings is 1. The van der Waals surface area contributed by atoms with Crippen molar-refractivity contribution in [1.29, 1.82) is 0 Å². The van der Waals surface area contributed by atoms with Crippen molar-refractivity contribution in [3.8, 4) is 0 Å². The molecule has 142 valence electrons. The third kappa shape index (κ3) is 6.83. The van der Waals surface area contributed by atoms with Crippen LogP contribution < -0.4 is 0 Å². The smallest absolute Gasteiger partial charge is 0.307 e. The second-order valence-electron chi connectivity index (χ2n) is 6.62. The predicted octanol–water partition coefficient (Wildman–Crippen LogP) is 4.86. The number of esters is 1. The number of hydrogen-bond acceptors (Lipinski definition) is 3. The van der Waals surface area contributed by atoms with Gasteiger partial charge in [-0.1, -0.05) is 49.4 Å². The van der Waals surface area contributed by atoms with Gasteiger partial charge in [0.05, 0.1) is 13.0 Å². The minimum Gasteiger partial charge on any atom is -0.466 e. The first-order chi connectivity index (χ1) is 12.6. The van der Waals surface area contributed by atoms with Crippen LogP contribution in [-0.2, 0) is 14.3 Å². The molecule has 0 unspecified atom stereocenters. The highest BCUT2D eigenvalue weighted by Crippen LogP contribution is 2.23. The number of hydrogen-bond donors (Lipinski definition) is 0. The number of nitrogens with zero attached hydrogens (tertiary/aromatic N) is 1. The second kappa shape index (κ2) is 11.0. The van der Waals surface area contributed by atoms with Gasteiger partial charge < -0.3 is 9.64 Å². The highest BCUT2D eigenvalue weighted by atomic mass is 35.5. The maximum Gasteiger partial charge on any atom is 0.307 e. The Hall–Kier alpha value is -1.81. The Labute approximate surface area is 161 Å². The van der Waals surface area contributed by atoms with E-state index in [0.717, 1.165) is 31.2 Å². The summed E-state index contributed by atoms with van der Waals surface area (Å²) in [6.07, 6.45) is 10.3. The van der Waals surface area contributed by atoms with E-state index in [2.05, 4.69) is 0 Å². The summed E-state index contributed by atoms with van der Waals surface area (Å²) >= 11 is 5.90. The Bertz CT molecular complexity index is 604. The van der Waals surface area contributed by atoms with Crippen LogP contribution in [0.2, 0.25) is 5.02 Å². The molecule has 1 aliphatic carbocycles. The van der Waals surface area contributed by atoms with Crippen LogP contribution >= 0.6 is 11.6 Å². The quantitative estimate of drug-likeness (QED) is 0.387. The summed E-state index contributed by atoms with van der Waals surface area (Å²) in [5.74, 6) is -0.295. The summed E-state index contributed by atoms with van der Waals surface area (Å²) < 4.78 is 5.02. The lowest BCUT2D eigenvalue weighted by atomic mass is 10.1. The van der Waals surface area contributed by atoms with E-state index in [-0.39, 0.29) is 24.3 Å². The summed E-state index contributed by atoms with van der Waals surface area (Å²) in [5, 5.41) is 0.669. The van der Waals surface area contributed by atoms with E-state index in [1.165, 1.54) is 12.8 Å². The summed E-state index contributed by atoms with van der Waals surface area (Å²) in [6, 6.07) is 7.56. The van der Waals surface area contributed by atoms with Crippen LogP contribution in [0.4, 0.5) is 0 Å². The topological polar surface area (TPSA) is 46.6 Å². The number of carbonyl (C=O) groups is 2. The molecule has 26 heavy (non-hydrogen) atoms. The van der Waals surface area contributed by atoms with Gasteiger partial charge in [-0.15, -0.1) is 0 Å². The van der Waals surface area contributed by atoms with E-state index >= 15 is 0 Å². The molecule has 5 heteroatoms. The zero-order valence-electron chi connectivity index (χ0n) is 15.5. The number of rotatable bonds is 7. The maximum absolute atomic E-state index is 12.8. The van der Waals surface area contributed by atoms with Crippen LogP contribution in [-0.4, -0.2) is 36.0 Å². The lowest BCUT2D eigenvalue weighted by Gasteiger charge is -2.30. The van der Waals surface area contributed by atoms with Crippen molar-refractivity contribution in [3.05, 3.63) is 40.9 Å². The molecule has 0 saturated heterocycles. The molecular weight excluding hydrogens is 350 g/mol. The Balaban J connectivity index is 2.05. The molecule has 1 amide bonds. The summed E-state index contributed by atoms with van der Waals surface area (Å²) in [6.45, 7) is 2.57. The largest absolute Gasteiger partial charge is 0.466 e. The van der Waals surface area contributed by atoms with E-state index < -0.39 is 0 Å². The van der Waals surface area contributed by atoms with Gasteiger partial charge in [-0.05, 0) is 43.5 Å². The molecule has 0 radical (unpaired) electrons. The molecule has 0 aliphatic heterocycles. The van der Waals surface area contributed by atoms with E-state index in [9.17, 15) is 9.59 Å². The third-order valence-electron chi connectivity index (χ3n) is 4.70. The average Bonchev–Trinajstić information content (AvgIpc) is 2.91. The zero-order chi connectivity index (χ0) is 18.8. The van der Waals surface area contributed by atoms with E-state index in [0.29, 0.717) is 18.2 Å². The maximum atomic E-state index is 12.8. The van der Waals surface area contributed by atoms with E-state index in [1.54, 1.807) is 31.2 Å². The number of ether oxygens (including phenoxy) is 1. The number of amides is 1. The molecule has 1 aliphatic rings. The standard InChI is InChI=1S/C21H28ClNO3/c1-2-26-21(25)15-16-23(19-7-5-3-4-6-8-19)20(24)14-11-17-9-12-18(22)13-10-17/h9-14,19H,2-8,15-16H2,1H3/b14-11+. The second-order valence-corrected chi connectivity index (χ2v) is 7.05. The summed E-state index contributed by atoms with van der Waals surface area (Å²) in [7, 11) is 0. The third-order valence-corrected chi connectivity index (χ3v) is 4.95. The van der Waals surface area contributed by atoms with E-state index in [4.69, 9.17) is 16.3 Å². The molecule has 4 nitrogen and oxygen atoms in total. The van der Waals surface area contributed by atoms with Crippen molar-refractivity contribution >= 4 is 29.6 Å². The highest BCUT2D eigenvalue weighted by Gasteiger charge is 2.24. The molecule has 2 rings (SSSR count). The first kappa shape index (κ1) is 20.5. The summed E-state index contributed by atoms with van der Waals surface area (Å²) in [4.78, 5) is 26.4. The van der Waals surface area contributed by atoms with Gasteiger partial charge in [0.1, 0.15) is 0 Å². The Morgan fingerprint density at radius 1 is 1.15 bits per heavy atom. The normalized spacial score (nSPS) is 15.6. The minimum atomic E-state index is -0.249. The molecule has 1 fully saturated rings. The van der Waals surface area contributed by atoms with Crippen LogP contribution in [0.1, 0.15) is 57.4 Å². The molecule has 0 spiro atoms. The van der Waals surface area contributed by atoms with Crippen molar-refractivity contribution in [2.24, 2.45) is 0 Å². The molecule has 0 aromatic heterocycles. The Morgan fingerprint density at radius 2 is 1.81 bits per heavy atom. The van der Waals surface area contributed by atoms with Crippen molar-refractivity contribution in [2.75, 3.05) is 13.2 Å². The van der Waals surface area contributed by atoms with Crippen LogP contribution in [0, 0.1) is 0 Å². The summed E-state index contributed by atoms with van der Waals surface area (Å²) in [5.41, 5.74) is 0.925. The SMILES string of the molecule is CCOC(=O)CCN(C(=O)/C=C/c1ccc(Cl)cc1)C1CCCCCC1. The predicted molar refractivity (Wildman–Crippen MR) is 105 cm³/mol. The van der Waals surface area contributed by atoms with Crippen molar-refractivity contribution in [2.45, 2.75) is 57.9 Å². The molecule has 0 heterocycles. The molecule has 0 N–H and O–H groups in total. The fourth-order valence-electron chi connectivity index (χ4n) is 3.32. The van der Waals surface area contributed by atoms with Crippen molar-refractivity contribution in [3.63, 3.8) is 0 Å².